The number of hydrogen-bond donors (Lipinski definition) is 0. The number of hydrogen-bond acceptors (Lipinski definition) is 3. The molecule has 0 aliphatic carbocycles. The molecule has 1 aromatic heterocycles. The monoisotopic (exact) mass is 246 g/mol. The summed E-state index contributed by atoms with van der Waals surface area (Å²) in [6.45, 7) is 5.38. The Morgan fingerprint density at radius 2 is 2.06 bits per heavy atom. The molecule has 4 heteroatoms. The van der Waals surface area contributed by atoms with Crippen molar-refractivity contribution < 1.29 is 9.47 Å². The molecule has 0 fully saturated rings. The zero-order valence-corrected chi connectivity index (χ0v) is 11.0. The minimum atomic E-state index is 0.594. The van der Waals surface area contributed by atoms with E-state index in [2.05, 4.69) is 9.55 Å². The summed E-state index contributed by atoms with van der Waals surface area (Å²) >= 11 is 0. The highest BCUT2D eigenvalue weighted by Gasteiger charge is 2.04. The average Bonchev–Trinajstić information content (AvgIpc) is 2.77. The van der Waals surface area contributed by atoms with Crippen molar-refractivity contribution in [2.75, 3.05) is 13.7 Å². The number of imidazole rings is 1. The second-order valence-electron chi connectivity index (χ2n) is 4.17. The van der Waals surface area contributed by atoms with E-state index in [-0.39, 0.29) is 0 Å². The van der Waals surface area contributed by atoms with Crippen molar-refractivity contribution in [3.63, 3.8) is 0 Å². The second kappa shape index (κ2) is 5.58. The van der Waals surface area contributed by atoms with Crippen LogP contribution in [0.25, 0.3) is 0 Å². The van der Waals surface area contributed by atoms with Crippen molar-refractivity contribution in [3.05, 3.63) is 42.0 Å². The van der Waals surface area contributed by atoms with Crippen molar-refractivity contribution in [3.8, 4) is 11.5 Å². The molecular formula is C14H18N2O2. The summed E-state index contributed by atoms with van der Waals surface area (Å²) in [5, 5.41) is 0. The number of nitrogens with zero attached hydrogens (tertiary/aromatic N) is 2. The quantitative estimate of drug-likeness (QED) is 0.813. The van der Waals surface area contributed by atoms with Gasteiger partial charge in [0.2, 0.25) is 0 Å². The maximum Gasteiger partial charge on any atom is 0.161 e. The third-order valence-electron chi connectivity index (χ3n) is 2.83. The van der Waals surface area contributed by atoms with E-state index < -0.39 is 0 Å². The number of benzene rings is 1. The van der Waals surface area contributed by atoms with Crippen molar-refractivity contribution in [1.82, 2.24) is 9.55 Å². The first kappa shape index (κ1) is 12.5. The molecule has 2 aromatic rings. The van der Waals surface area contributed by atoms with Crippen LogP contribution in [-0.4, -0.2) is 23.3 Å². The fraction of sp³-hybridized carbons (Fsp3) is 0.357. The third kappa shape index (κ3) is 2.83. The lowest BCUT2D eigenvalue weighted by Crippen LogP contribution is -2.09. The minimum absolute atomic E-state index is 0.594. The fourth-order valence-electron chi connectivity index (χ4n) is 1.79. The molecule has 4 nitrogen and oxygen atoms in total. The van der Waals surface area contributed by atoms with E-state index in [1.54, 1.807) is 13.3 Å². The van der Waals surface area contributed by atoms with Crippen molar-refractivity contribution in [2.45, 2.75) is 20.4 Å². The van der Waals surface area contributed by atoms with Crippen LogP contribution < -0.4 is 9.47 Å². The Morgan fingerprint density at radius 3 is 2.72 bits per heavy atom. The number of methoxy groups -OCH3 is 1. The molecule has 0 saturated heterocycles. The molecule has 0 bridgehead atoms. The van der Waals surface area contributed by atoms with Crippen LogP contribution in [0.4, 0.5) is 0 Å². The van der Waals surface area contributed by atoms with E-state index in [0.29, 0.717) is 6.61 Å². The zero-order valence-electron chi connectivity index (χ0n) is 11.0. The topological polar surface area (TPSA) is 36.3 Å². The van der Waals surface area contributed by atoms with Gasteiger partial charge in [0.1, 0.15) is 12.4 Å². The first-order chi connectivity index (χ1) is 8.70. The lowest BCUT2D eigenvalue weighted by atomic mass is 10.2. The van der Waals surface area contributed by atoms with Crippen LogP contribution in [0.5, 0.6) is 11.5 Å². The lowest BCUT2D eigenvalue weighted by Gasteiger charge is -2.12. The third-order valence-corrected chi connectivity index (χ3v) is 2.83. The van der Waals surface area contributed by atoms with E-state index >= 15 is 0 Å². The fourth-order valence-corrected chi connectivity index (χ4v) is 1.79. The van der Waals surface area contributed by atoms with Crippen LogP contribution >= 0.6 is 0 Å². The van der Waals surface area contributed by atoms with Gasteiger partial charge in [0.05, 0.1) is 13.7 Å². The average molecular weight is 246 g/mol. The smallest absolute Gasteiger partial charge is 0.161 e. The van der Waals surface area contributed by atoms with Gasteiger partial charge in [0.15, 0.2) is 11.5 Å². The van der Waals surface area contributed by atoms with Gasteiger partial charge < -0.3 is 14.0 Å². The Labute approximate surface area is 107 Å². The summed E-state index contributed by atoms with van der Waals surface area (Å²) in [7, 11) is 1.65. The van der Waals surface area contributed by atoms with Gasteiger partial charge in [0.25, 0.3) is 0 Å². The lowest BCUT2D eigenvalue weighted by molar-refractivity contribution is 0.278. The first-order valence-corrected chi connectivity index (χ1v) is 5.96. The number of ether oxygens (including phenoxy) is 2. The Hall–Kier alpha value is -1.97. The van der Waals surface area contributed by atoms with Gasteiger partial charge in [-0.05, 0) is 31.5 Å². The molecule has 1 aromatic carbocycles. The van der Waals surface area contributed by atoms with E-state index in [4.69, 9.17) is 9.47 Å². The Bertz CT molecular complexity index is 520. The normalized spacial score (nSPS) is 10.4. The van der Waals surface area contributed by atoms with Crippen molar-refractivity contribution >= 4 is 0 Å². The molecule has 96 valence electrons. The molecule has 0 atom stereocenters. The van der Waals surface area contributed by atoms with Crippen molar-refractivity contribution in [2.24, 2.45) is 0 Å². The van der Waals surface area contributed by atoms with Crippen LogP contribution in [-0.2, 0) is 6.54 Å². The zero-order chi connectivity index (χ0) is 13.0. The van der Waals surface area contributed by atoms with E-state index in [1.165, 1.54) is 0 Å². The summed E-state index contributed by atoms with van der Waals surface area (Å²) in [5.41, 5.74) is 1.16. The van der Waals surface area contributed by atoms with Gasteiger partial charge in [-0.25, -0.2) is 4.98 Å². The molecule has 0 N–H and O–H groups in total. The largest absolute Gasteiger partial charge is 0.493 e. The predicted molar refractivity (Wildman–Crippen MR) is 70.2 cm³/mol. The molecule has 0 radical (unpaired) electrons. The highest BCUT2D eigenvalue weighted by atomic mass is 16.5. The maximum atomic E-state index is 5.74. The molecule has 1 heterocycles. The van der Waals surface area contributed by atoms with Crippen LogP contribution in [0.3, 0.4) is 0 Å². The summed E-state index contributed by atoms with van der Waals surface area (Å²) < 4.78 is 13.1. The Balaban J connectivity index is 1.96. The summed E-state index contributed by atoms with van der Waals surface area (Å²) in [6, 6.07) is 5.92. The molecule has 2 rings (SSSR count). The van der Waals surface area contributed by atoms with Gasteiger partial charge in [-0.2, -0.15) is 0 Å². The molecule has 0 unspecified atom stereocenters. The molecule has 18 heavy (non-hydrogen) atoms. The number of rotatable bonds is 5. The number of aromatic nitrogens is 2. The van der Waals surface area contributed by atoms with Crippen LogP contribution in [0.1, 0.15) is 11.4 Å². The highest BCUT2D eigenvalue weighted by Crippen LogP contribution is 2.27. The van der Waals surface area contributed by atoms with Gasteiger partial charge in [-0.1, -0.05) is 6.07 Å². The van der Waals surface area contributed by atoms with Crippen LogP contribution in [0.2, 0.25) is 0 Å². The van der Waals surface area contributed by atoms with Crippen LogP contribution in [0, 0.1) is 13.8 Å². The maximum absolute atomic E-state index is 5.74. The van der Waals surface area contributed by atoms with E-state index in [1.807, 2.05) is 38.2 Å². The van der Waals surface area contributed by atoms with Crippen LogP contribution in [0.15, 0.2) is 30.6 Å². The van der Waals surface area contributed by atoms with Gasteiger partial charge in [-0.15, -0.1) is 0 Å². The first-order valence-electron chi connectivity index (χ1n) is 5.96. The summed E-state index contributed by atoms with van der Waals surface area (Å²) in [5.74, 6) is 2.55. The standard InChI is InChI=1S/C14H18N2O2/c1-11-4-5-13(14(10-11)17-3)18-9-8-16-7-6-15-12(16)2/h4-7,10H,8-9H2,1-3H3. The summed E-state index contributed by atoms with van der Waals surface area (Å²) in [4.78, 5) is 4.17. The highest BCUT2D eigenvalue weighted by molar-refractivity contribution is 5.42. The van der Waals surface area contributed by atoms with E-state index in [9.17, 15) is 0 Å². The molecule has 0 amide bonds. The molecule has 0 spiro atoms. The van der Waals surface area contributed by atoms with E-state index in [0.717, 1.165) is 29.4 Å². The van der Waals surface area contributed by atoms with Gasteiger partial charge in [0, 0.05) is 12.4 Å². The molecule has 0 aliphatic heterocycles. The Kier molecular flexibility index (Phi) is 3.87. The molecule has 0 saturated carbocycles. The van der Waals surface area contributed by atoms with Gasteiger partial charge >= 0.3 is 0 Å². The molecular weight excluding hydrogens is 228 g/mol. The SMILES string of the molecule is COc1cc(C)ccc1OCCn1ccnc1C. The minimum Gasteiger partial charge on any atom is -0.493 e. The Morgan fingerprint density at radius 1 is 1.22 bits per heavy atom. The molecule has 0 aliphatic rings. The number of aryl methyl sites for hydroxylation is 2. The predicted octanol–water partition coefficient (Wildman–Crippen LogP) is 2.59. The van der Waals surface area contributed by atoms with Gasteiger partial charge in [-0.3, -0.25) is 0 Å². The van der Waals surface area contributed by atoms with Crippen molar-refractivity contribution in [1.29, 1.82) is 0 Å². The second-order valence-corrected chi connectivity index (χ2v) is 4.17. The summed E-state index contributed by atoms with van der Waals surface area (Å²) in [6.07, 6.45) is 3.74.